The quantitative estimate of drug-likeness (QED) is 0.439. The van der Waals surface area contributed by atoms with Crippen molar-refractivity contribution >= 4 is 0 Å². The Balaban J connectivity index is 2.32. The summed E-state index contributed by atoms with van der Waals surface area (Å²) < 4.78 is 0. The van der Waals surface area contributed by atoms with Crippen LogP contribution in [0.15, 0.2) is 0 Å². The number of aliphatic hydroxyl groups excluding tert-OH is 1. The first kappa shape index (κ1) is 6.99. The molecule has 3 nitrogen and oxygen atoms in total. The third kappa shape index (κ3) is 1.41. The van der Waals surface area contributed by atoms with Gasteiger partial charge in [-0.05, 0) is 24.9 Å². The molecule has 1 saturated heterocycles. The van der Waals surface area contributed by atoms with E-state index in [4.69, 9.17) is 10.8 Å². The number of hydrogen-bond donors (Lipinski definition) is 3. The molecule has 1 fully saturated rings. The molecule has 0 aromatic heterocycles. The molecule has 4 N–H and O–H groups in total. The Hall–Kier alpha value is -0.120. The van der Waals surface area contributed by atoms with Gasteiger partial charge in [-0.15, -0.1) is 0 Å². The Bertz CT molecular complexity index is 77.1. The average Bonchev–Trinajstić information content (AvgIpc) is 2.33. The zero-order valence-electron chi connectivity index (χ0n) is 5.51. The van der Waals surface area contributed by atoms with Crippen molar-refractivity contribution in [3.05, 3.63) is 0 Å². The summed E-state index contributed by atoms with van der Waals surface area (Å²) in [6, 6.07) is 0. The highest BCUT2D eigenvalue weighted by Gasteiger charge is 2.24. The molecule has 0 spiro atoms. The Morgan fingerprint density at radius 2 is 2.11 bits per heavy atom. The number of nitrogens with one attached hydrogen (secondary N) is 1. The van der Waals surface area contributed by atoms with E-state index in [-0.39, 0.29) is 6.61 Å². The van der Waals surface area contributed by atoms with Crippen LogP contribution in [0.5, 0.6) is 0 Å². The molecule has 2 atom stereocenters. The van der Waals surface area contributed by atoms with E-state index in [0.717, 1.165) is 13.1 Å². The van der Waals surface area contributed by atoms with Crippen molar-refractivity contribution in [2.45, 2.75) is 0 Å². The first-order chi connectivity index (χ1) is 4.38. The van der Waals surface area contributed by atoms with Gasteiger partial charge in [-0.2, -0.15) is 0 Å². The third-order valence-electron chi connectivity index (χ3n) is 2.02. The summed E-state index contributed by atoms with van der Waals surface area (Å²) >= 11 is 0. The number of nitrogens with two attached hydrogens (primary N) is 1. The minimum Gasteiger partial charge on any atom is -0.396 e. The maximum atomic E-state index is 8.77. The Kier molecular flexibility index (Phi) is 2.45. The van der Waals surface area contributed by atoms with E-state index in [2.05, 4.69) is 5.32 Å². The van der Waals surface area contributed by atoms with E-state index < -0.39 is 0 Å². The summed E-state index contributed by atoms with van der Waals surface area (Å²) in [5.74, 6) is 0.894. The largest absolute Gasteiger partial charge is 0.396 e. The molecule has 1 heterocycles. The molecule has 0 aromatic rings. The van der Waals surface area contributed by atoms with Crippen LogP contribution in [0.3, 0.4) is 0 Å². The Morgan fingerprint density at radius 3 is 2.56 bits per heavy atom. The summed E-state index contributed by atoms with van der Waals surface area (Å²) in [5.41, 5.74) is 5.45. The molecule has 1 aliphatic heterocycles. The number of hydrogen-bond acceptors (Lipinski definition) is 3. The second-order valence-corrected chi connectivity index (χ2v) is 2.60. The zero-order valence-corrected chi connectivity index (χ0v) is 5.51. The van der Waals surface area contributed by atoms with Crippen molar-refractivity contribution in [1.29, 1.82) is 0 Å². The first-order valence-electron chi connectivity index (χ1n) is 3.40. The molecule has 54 valence electrons. The van der Waals surface area contributed by atoms with Crippen molar-refractivity contribution in [1.82, 2.24) is 5.32 Å². The van der Waals surface area contributed by atoms with Gasteiger partial charge in [-0.25, -0.2) is 0 Å². The fourth-order valence-corrected chi connectivity index (χ4v) is 1.28. The van der Waals surface area contributed by atoms with E-state index in [1.54, 1.807) is 0 Å². The third-order valence-corrected chi connectivity index (χ3v) is 2.02. The molecule has 0 aromatic carbocycles. The molecule has 2 unspecified atom stereocenters. The van der Waals surface area contributed by atoms with Crippen LogP contribution >= 0.6 is 0 Å². The van der Waals surface area contributed by atoms with Crippen molar-refractivity contribution in [3.63, 3.8) is 0 Å². The molecule has 0 saturated carbocycles. The fraction of sp³-hybridized carbons (Fsp3) is 1.00. The summed E-state index contributed by atoms with van der Waals surface area (Å²) in [4.78, 5) is 0. The molecule has 0 bridgehead atoms. The molecule has 9 heavy (non-hydrogen) atoms. The molecule has 0 aliphatic carbocycles. The summed E-state index contributed by atoms with van der Waals surface area (Å²) in [5, 5.41) is 12.0. The van der Waals surface area contributed by atoms with Gasteiger partial charge in [0.05, 0.1) is 0 Å². The lowest BCUT2D eigenvalue weighted by Crippen LogP contribution is -2.24. The highest BCUT2D eigenvalue weighted by atomic mass is 16.3. The highest BCUT2D eigenvalue weighted by Crippen LogP contribution is 2.13. The van der Waals surface area contributed by atoms with Crippen LogP contribution in [-0.4, -0.2) is 31.3 Å². The van der Waals surface area contributed by atoms with Gasteiger partial charge in [0, 0.05) is 13.2 Å². The maximum absolute atomic E-state index is 8.77. The first-order valence-corrected chi connectivity index (χ1v) is 3.40. The smallest absolute Gasteiger partial charge is 0.0475 e. The van der Waals surface area contributed by atoms with Crippen LogP contribution in [0.2, 0.25) is 0 Å². The highest BCUT2D eigenvalue weighted by molar-refractivity contribution is 4.80. The predicted octanol–water partition coefficient (Wildman–Crippen LogP) is -1.23. The van der Waals surface area contributed by atoms with E-state index in [9.17, 15) is 0 Å². The summed E-state index contributed by atoms with van der Waals surface area (Å²) in [7, 11) is 0. The van der Waals surface area contributed by atoms with Crippen molar-refractivity contribution in [2.24, 2.45) is 17.6 Å². The molecule has 3 heteroatoms. The molecule has 0 amide bonds. The van der Waals surface area contributed by atoms with Crippen LogP contribution in [0, 0.1) is 11.8 Å². The van der Waals surface area contributed by atoms with Gasteiger partial charge >= 0.3 is 0 Å². The van der Waals surface area contributed by atoms with E-state index in [1.807, 2.05) is 0 Å². The zero-order chi connectivity index (χ0) is 6.69. The van der Waals surface area contributed by atoms with Gasteiger partial charge in [0.15, 0.2) is 0 Å². The second-order valence-electron chi connectivity index (χ2n) is 2.60. The molecule has 1 aliphatic rings. The lowest BCUT2D eigenvalue weighted by atomic mass is 9.97. The minimum absolute atomic E-state index is 0.273. The topological polar surface area (TPSA) is 58.3 Å². The van der Waals surface area contributed by atoms with E-state index in [1.165, 1.54) is 0 Å². The molecular formula is C6H14N2O. The monoisotopic (exact) mass is 130 g/mol. The Morgan fingerprint density at radius 1 is 1.44 bits per heavy atom. The fourth-order valence-electron chi connectivity index (χ4n) is 1.28. The van der Waals surface area contributed by atoms with E-state index in [0.29, 0.717) is 18.4 Å². The maximum Gasteiger partial charge on any atom is 0.0475 e. The van der Waals surface area contributed by atoms with Crippen LogP contribution in [0.4, 0.5) is 0 Å². The van der Waals surface area contributed by atoms with Crippen LogP contribution in [-0.2, 0) is 0 Å². The van der Waals surface area contributed by atoms with Gasteiger partial charge in [-0.3, -0.25) is 0 Å². The van der Waals surface area contributed by atoms with Crippen molar-refractivity contribution < 1.29 is 5.11 Å². The van der Waals surface area contributed by atoms with Crippen LogP contribution in [0.1, 0.15) is 0 Å². The number of aliphatic hydroxyl groups is 1. The van der Waals surface area contributed by atoms with Crippen LogP contribution in [0.25, 0.3) is 0 Å². The van der Waals surface area contributed by atoms with Gasteiger partial charge in [-0.1, -0.05) is 0 Å². The Labute approximate surface area is 55.2 Å². The van der Waals surface area contributed by atoms with Gasteiger partial charge < -0.3 is 16.2 Å². The summed E-state index contributed by atoms with van der Waals surface area (Å²) in [6.07, 6.45) is 0. The van der Waals surface area contributed by atoms with Gasteiger partial charge in [0.25, 0.3) is 0 Å². The summed E-state index contributed by atoms with van der Waals surface area (Å²) in [6.45, 7) is 2.87. The van der Waals surface area contributed by atoms with Gasteiger partial charge in [0.1, 0.15) is 0 Å². The lowest BCUT2D eigenvalue weighted by molar-refractivity contribution is 0.208. The van der Waals surface area contributed by atoms with Crippen molar-refractivity contribution in [3.8, 4) is 0 Å². The van der Waals surface area contributed by atoms with Gasteiger partial charge in [0.2, 0.25) is 0 Å². The number of rotatable bonds is 2. The average molecular weight is 130 g/mol. The van der Waals surface area contributed by atoms with Crippen molar-refractivity contribution in [2.75, 3.05) is 26.2 Å². The second kappa shape index (κ2) is 3.15. The van der Waals surface area contributed by atoms with Crippen LogP contribution < -0.4 is 11.1 Å². The SMILES string of the molecule is NCC1CNCC1CO. The minimum atomic E-state index is 0.273. The standard InChI is InChI=1S/C6H14N2O/c7-1-5-2-8-3-6(5)4-9/h5-6,8-9H,1-4,7H2. The van der Waals surface area contributed by atoms with E-state index >= 15 is 0 Å². The predicted molar refractivity (Wildman–Crippen MR) is 36.0 cm³/mol. The lowest BCUT2D eigenvalue weighted by Gasteiger charge is -2.11. The normalized spacial score (nSPS) is 35.3. The molecular weight excluding hydrogens is 116 g/mol. The molecule has 0 radical (unpaired) electrons. The molecule has 1 rings (SSSR count).